The van der Waals surface area contributed by atoms with Gasteiger partial charge in [-0.25, -0.2) is 0 Å². The molecule has 4 heteroatoms. The molecule has 0 heterocycles. The number of rotatable bonds is 5. The first-order chi connectivity index (χ1) is 9.21. The van der Waals surface area contributed by atoms with Crippen molar-refractivity contribution in [3.8, 4) is 0 Å². The number of amides is 1. The zero-order chi connectivity index (χ0) is 14.1. The number of thioether (sulfide) groups is 1. The van der Waals surface area contributed by atoms with E-state index in [1.807, 2.05) is 31.4 Å². The molecule has 0 aromatic heterocycles. The predicted molar refractivity (Wildman–Crippen MR) is 83.5 cm³/mol. The van der Waals surface area contributed by atoms with E-state index in [-0.39, 0.29) is 11.9 Å². The van der Waals surface area contributed by atoms with Crippen molar-refractivity contribution in [1.29, 1.82) is 0 Å². The summed E-state index contributed by atoms with van der Waals surface area (Å²) in [5.74, 6) is -0.0832. The van der Waals surface area contributed by atoms with E-state index in [0.29, 0.717) is 11.6 Å². The number of nitrogens with zero attached hydrogens (tertiary/aromatic N) is 1. The molecule has 1 rings (SSSR count). The van der Waals surface area contributed by atoms with E-state index in [9.17, 15) is 4.79 Å². The molecular weight excluding hydrogens is 256 g/mol. The summed E-state index contributed by atoms with van der Waals surface area (Å²) in [6.07, 6.45) is 4.47. The van der Waals surface area contributed by atoms with Crippen molar-refractivity contribution in [3.63, 3.8) is 0 Å². The Morgan fingerprint density at radius 3 is 2.53 bits per heavy atom. The third-order valence-electron chi connectivity index (χ3n) is 2.80. The minimum Gasteiger partial charge on any atom is -0.358 e. The minimum absolute atomic E-state index is 0.0832. The Kier molecular flexibility index (Phi) is 7.26. The lowest BCUT2D eigenvalue weighted by Gasteiger charge is -2.20. The molecule has 0 aliphatic rings. The summed E-state index contributed by atoms with van der Waals surface area (Å²) in [4.78, 5) is 15.5. The summed E-state index contributed by atoms with van der Waals surface area (Å²) in [6, 6.07) is 10.5. The van der Waals surface area contributed by atoms with Gasteiger partial charge in [0.1, 0.15) is 0 Å². The van der Waals surface area contributed by atoms with Gasteiger partial charge >= 0.3 is 0 Å². The van der Waals surface area contributed by atoms with Crippen LogP contribution in [-0.4, -0.2) is 17.3 Å². The Morgan fingerprint density at radius 1 is 1.32 bits per heavy atom. The highest BCUT2D eigenvalue weighted by Crippen LogP contribution is 2.19. The van der Waals surface area contributed by atoms with E-state index in [4.69, 9.17) is 0 Å². The van der Waals surface area contributed by atoms with E-state index < -0.39 is 0 Å². The van der Waals surface area contributed by atoms with E-state index in [1.165, 1.54) is 17.3 Å². The van der Waals surface area contributed by atoms with Gasteiger partial charge in [-0.05, 0) is 18.2 Å². The average Bonchev–Trinajstić information content (AvgIpc) is 2.46. The average molecular weight is 278 g/mol. The van der Waals surface area contributed by atoms with E-state index >= 15 is 0 Å². The maximum atomic E-state index is 11.4. The monoisotopic (exact) mass is 278 g/mol. The summed E-state index contributed by atoms with van der Waals surface area (Å²) in [6.45, 7) is 3.98. The second kappa shape index (κ2) is 8.75. The number of benzene rings is 1. The summed E-state index contributed by atoms with van der Waals surface area (Å²) < 4.78 is 0. The quantitative estimate of drug-likeness (QED) is 0.658. The van der Waals surface area contributed by atoms with Crippen LogP contribution < -0.4 is 5.32 Å². The fourth-order valence-electron chi connectivity index (χ4n) is 1.77. The highest BCUT2D eigenvalue weighted by atomic mass is 32.2. The van der Waals surface area contributed by atoms with Crippen LogP contribution in [0.15, 0.2) is 35.3 Å². The molecule has 1 atom stereocenters. The second-order valence-corrected chi connectivity index (χ2v) is 5.06. The SMILES string of the molecule is CCC[C@H](N/C(=N/C(=O)CC)SC)c1ccccc1. The van der Waals surface area contributed by atoms with Crippen molar-refractivity contribution < 1.29 is 4.79 Å². The van der Waals surface area contributed by atoms with Crippen LogP contribution in [0.2, 0.25) is 0 Å². The predicted octanol–water partition coefficient (Wildman–Crippen LogP) is 3.77. The molecular formula is C15H22N2OS. The van der Waals surface area contributed by atoms with Gasteiger partial charge in [0.25, 0.3) is 0 Å². The summed E-state index contributed by atoms with van der Waals surface area (Å²) >= 11 is 1.48. The molecule has 19 heavy (non-hydrogen) atoms. The van der Waals surface area contributed by atoms with Crippen LogP contribution in [0.1, 0.15) is 44.7 Å². The topological polar surface area (TPSA) is 41.5 Å². The molecule has 0 aliphatic heterocycles. The zero-order valence-electron chi connectivity index (χ0n) is 11.8. The van der Waals surface area contributed by atoms with Crippen LogP contribution in [0.5, 0.6) is 0 Å². The number of carbonyl (C=O) groups excluding carboxylic acids is 1. The molecule has 3 nitrogen and oxygen atoms in total. The molecule has 1 aromatic carbocycles. The van der Waals surface area contributed by atoms with Gasteiger partial charge in [0.2, 0.25) is 5.91 Å². The molecule has 104 valence electrons. The molecule has 0 saturated heterocycles. The van der Waals surface area contributed by atoms with Crippen molar-refractivity contribution in [3.05, 3.63) is 35.9 Å². The summed E-state index contributed by atoms with van der Waals surface area (Å²) in [5.41, 5.74) is 1.23. The minimum atomic E-state index is -0.0832. The lowest BCUT2D eigenvalue weighted by atomic mass is 10.0. The largest absolute Gasteiger partial charge is 0.358 e. The number of aliphatic imine (C=N–C) groups is 1. The Labute approximate surface area is 119 Å². The van der Waals surface area contributed by atoms with Gasteiger partial charge in [0, 0.05) is 6.42 Å². The lowest BCUT2D eigenvalue weighted by molar-refractivity contribution is -0.117. The summed E-state index contributed by atoms with van der Waals surface area (Å²) in [7, 11) is 0. The number of amidine groups is 1. The van der Waals surface area contributed by atoms with Crippen LogP contribution >= 0.6 is 11.8 Å². The molecule has 0 saturated carbocycles. The van der Waals surface area contributed by atoms with Crippen LogP contribution in [0.3, 0.4) is 0 Å². The van der Waals surface area contributed by atoms with Gasteiger partial charge in [-0.3, -0.25) is 4.79 Å². The van der Waals surface area contributed by atoms with Gasteiger partial charge < -0.3 is 5.32 Å². The van der Waals surface area contributed by atoms with Gasteiger partial charge in [-0.1, -0.05) is 62.4 Å². The molecule has 1 N–H and O–H groups in total. The maximum Gasteiger partial charge on any atom is 0.247 e. The van der Waals surface area contributed by atoms with Gasteiger partial charge in [-0.15, -0.1) is 0 Å². The first-order valence-corrected chi connectivity index (χ1v) is 7.90. The summed E-state index contributed by atoms with van der Waals surface area (Å²) in [5, 5.41) is 4.08. The molecule has 0 spiro atoms. The highest BCUT2D eigenvalue weighted by Gasteiger charge is 2.12. The van der Waals surface area contributed by atoms with Crippen molar-refractivity contribution in [2.45, 2.75) is 39.2 Å². The fraction of sp³-hybridized carbons (Fsp3) is 0.467. The smallest absolute Gasteiger partial charge is 0.247 e. The zero-order valence-corrected chi connectivity index (χ0v) is 12.7. The lowest BCUT2D eigenvalue weighted by Crippen LogP contribution is -2.27. The molecule has 0 unspecified atom stereocenters. The van der Waals surface area contributed by atoms with Crippen LogP contribution in [-0.2, 0) is 4.79 Å². The third-order valence-corrected chi connectivity index (χ3v) is 3.39. The number of hydrogen-bond acceptors (Lipinski definition) is 2. The number of nitrogens with one attached hydrogen (secondary N) is 1. The Hall–Kier alpha value is -1.29. The number of carbonyl (C=O) groups is 1. The van der Waals surface area contributed by atoms with Crippen LogP contribution in [0.4, 0.5) is 0 Å². The molecule has 1 amide bonds. The van der Waals surface area contributed by atoms with Crippen molar-refractivity contribution in [2.75, 3.05) is 6.26 Å². The Morgan fingerprint density at radius 2 is 2.00 bits per heavy atom. The molecule has 0 fully saturated rings. The van der Waals surface area contributed by atoms with Crippen LogP contribution in [0, 0.1) is 0 Å². The highest BCUT2D eigenvalue weighted by molar-refractivity contribution is 8.13. The van der Waals surface area contributed by atoms with E-state index in [2.05, 4.69) is 29.4 Å². The van der Waals surface area contributed by atoms with E-state index in [0.717, 1.165) is 12.8 Å². The second-order valence-electron chi connectivity index (χ2n) is 4.26. The standard InChI is InChI=1S/C15H22N2OS/c1-4-9-13(12-10-7-6-8-11-12)16-15(19-3)17-14(18)5-2/h6-8,10-11,13H,4-5,9H2,1-3H3,(H,16,17,18)/t13-/m0/s1. The van der Waals surface area contributed by atoms with E-state index in [1.54, 1.807) is 0 Å². The van der Waals surface area contributed by atoms with Crippen molar-refractivity contribution >= 4 is 22.8 Å². The van der Waals surface area contributed by atoms with Crippen molar-refractivity contribution in [1.82, 2.24) is 5.32 Å². The molecule has 1 aromatic rings. The van der Waals surface area contributed by atoms with Crippen molar-refractivity contribution in [2.24, 2.45) is 4.99 Å². The first kappa shape index (κ1) is 15.8. The molecule has 0 aliphatic carbocycles. The fourth-order valence-corrected chi connectivity index (χ4v) is 2.23. The Balaban J connectivity index is 2.83. The van der Waals surface area contributed by atoms with Gasteiger partial charge in [0.05, 0.1) is 6.04 Å². The normalized spacial score (nSPS) is 13.1. The maximum absolute atomic E-state index is 11.4. The number of hydrogen-bond donors (Lipinski definition) is 1. The molecule has 0 bridgehead atoms. The first-order valence-electron chi connectivity index (χ1n) is 6.68. The Bertz CT molecular complexity index is 417. The van der Waals surface area contributed by atoms with Crippen LogP contribution in [0.25, 0.3) is 0 Å². The molecule has 0 radical (unpaired) electrons. The van der Waals surface area contributed by atoms with Gasteiger partial charge in [-0.2, -0.15) is 4.99 Å². The third kappa shape index (κ3) is 5.47. The van der Waals surface area contributed by atoms with Gasteiger partial charge in [0.15, 0.2) is 5.17 Å².